The average molecular weight is 365 g/mol. The Hall–Kier alpha value is -2.90. The van der Waals surface area contributed by atoms with E-state index in [1.54, 1.807) is 13.3 Å². The minimum Gasteiger partial charge on any atom is -0.380 e. The van der Waals surface area contributed by atoms with Crippen LogP contribution in [-0.4, -0.2) is 54.6 Å². The summed E-state index contributed by atoms with van der Waals surface area (Å²) in [5, 5.41) is 7.75. The molecule has 0 unspecified atom stereocenters. The lowest BCUT2D eigenvalue weighted by Crippen LogP contribution is -2.37. The van der Waals surface area contributed by atoms with E-state index < -0.39 is 0 Å². The number of hydrogen-bond donors (Lipinski definition) is 1. The maximum absolute atomic E-state index is 5.47. The summed E-state index contributed by atoms with van der Waals surface area (Å²) in [7, 11) is 1.70. The van der Waals surface area contributed by atoms with E-state index in [4.69, 9.17) is 9.47 Å². The number of morpholine rings is 1. The Labute approximate surface area is 158 Å². The fourth-order valence-corrected chi connectivity index (χ4v) is 3.17. The van der Waals surface area contributed by atoms with Gasteiger partial charge < -0.3 is 19.7 Å². The number of nitrogens with zero attached hydrogens (tertiary/aromatic N) is 4. The van der Waals surface area contributed by atoms with Crippen LogP contribution in [0.25, 0.3) is 11.2 Å². The second-order valence-electron chi connectivity index (χ2n) is 6.31. The van der Waals surface area contributed by atoms with Gasteiger partial charge in [-0.15, -0.1) is 0 Å². The maximum atomic E-state index is 5.47. The normalized spacial score (nSPS) is 15.3. The quantitative estimate of drug-likeness (QED) is 0.725. The zero-order valence-corrected chi connectivity index (χ0v) is 15.3. The Bertz CT molecular complexity index is 917. The van der Waals surface area contributed by atoms with Gasteiger partial charge in [0.05, 0.1) is 26.0 Å². The monoisotopic (exact) mass is 365 g/mol. The van der Waals surface area contributed by atoms with E-state index in [2.05, 4.69) is 32.4 Å². The van der Waals surface area contributed by atoms with Gasteiger partial charge in [0.2, 0.25) is 0 Å². The van der Waals surface area contributed by atoms with E-state index in [1.807, 2.05) is 41.0 Å². The summed E-state index contributed by atoms with van der Waals surface area (Å²) in [5.74, 6) is 1.78. The van der Waals surface area contributed by atoms with Gasteiger partial charge in [0.25, 0.3) is 0 Å². The Balaban J connectivity index is 1.65. The number of aromatic nitrogens is 3. The number of hydrogen-bond acceptors (Lipinski definition) is 6. The third-order valence-corrected chi connectivity index (χ3v) is 4.51. The predicted octanol–water partition coefficient (Wildman–Crippen LogP) is 2.67. The number of rotatable bonds is 6. The Morgan fingerprint density at radius 1 is 1.22 bits per heavy atom. The molecule has 1 N–H and O–H groups in total. The largest absolute Gasteiger partial charge is 0.380 e. The van der Waals surface area contributed by atoms with Crippen LogP contribution in [0.15, 0.2) is 54.9 Å². The predicted molar refractivity (Wildman–Crippen MR) is 106 cm³/mol. The number of fused-ring (bicyclic) bond motifs is 1. The minimum absolute atomic E-state index is 0.516. The van der Waals surface area contributed by atoms with Gasteiger partial charge in [-0.25, -0.2) is 4.98 Å². The van der Waals surface area contributed by atoms with Crippen molar-refractivity contribution in [2.75, 3.05) is 50.2 Å². The summed E-state index contributed by atoms with van der Waals surface area (Å²) in [4.78, 5) is 6.93. The van der Waals surface area contributed by atoms with E-state index in [0.717, 1.165) is 54.7 Å². The molecule has 140 valence electrons. The third-order valence-electron chi connectivity index (χ3n) is 4.51. The fraction of sp³-hybridized carbons (Fsp3) is 0.300. The summed E-state index contributed by atoms with van der Waals surface area (Å²) in [6, 6.07) is 14.1. The minimum atomic E-state index is 0.516. The van der Waals surface area contributed by atoms with Crippen molar-refractivity contribution < 1.29 is 9.47 Å². The molecule has 1 saturated heterocycles. The second-order valence-corrected chi connectivity index (χ2v) is 6.31. The average Bonchev–Trinajstić information content (AvgIpc) is 3.20. The van der Waals surface area contributed by atoms with Gasteiger partial charge in [-0.2, -0.15) is 9.61 Å². The van der Waals surface area contributed by atoms with Crippen molar-refractivity contribution in [3.05, 3.63) is 60.4 Å². The molecule has 7 heteroatoms. The first kappa shape index (κ1) is 17.5. The van der Waals surface area contributed by atoms with E-state index in [1.165, 1.54) is 0 Å². The number of methoxy groups -OCH3 is 1. The van der Waals surface area contributed by atoms with Crippen molar-refractivity contribution >= 4 is 22.9 Å². The number of anilines is 2. The van der Waals surface area contributed by atoms with E-state index in [9.17, 15) is 0 Å². The number of ether oxygens (including phenoxy) is 2. The molecule has 1 aliphatic rings. The highest BCUT2D eigenvalue weighted by Gasteiger charge is 2.16. The fourth-order valence-electron chi connectivity index (χ4n) is 3.17. The van der Waals surface area contributed by atoms with Crippen molar-refractivity contribution in [2.45, 2.75) is 0 Å². The molecule has 1 aliphatic heterocycles. The standard InChI is InChI=1S/C20H23N5O2/c1-26-15-17(16-5-3-2-4-6-16)14-21-18-13-20(24-9-11-27-12-10-24)25-19(23-18)7-8-22-25/h2-8,13-14H,9-12,15H2,1H3,(H,21,23)/b17-14+. The molecule has 0 radical (unpaired) electrons. The van der Waals surface area contributed by atoms with E-state index in [-0.39, 0.29) is 0 Å². The summed E-state index contributed by atoms with van der Waals surface area (Å²) in [6.45, 7) is 3.64. The summed E-state index contributed by atoms with van der Waals surface area (Å²) in [6.07, 6.45) is 3.73. The lowest BCUT2D eigenvalue weighted by molar-refractivity contribution is 0.122. The van der Waals surface area contributed by atoms with E-state index >= 15 is 0 Å². The number of benzene rings is 1. The van der Waals surface area contributed by atoms with Crippen molar-refractivity contribution in [1.29, 1.82) is 0 Å². The first-order chi connectivity index (χ1) is 13.3. The Kier molecular flexibility index (Phi) is 5.32. The molecular formula is C20H23N5O2. The highest BCUT2D eigenvalue weighted by molar-refractivity contribution is 5.69. The van der Waals surface area contributed by atoms with Crippen molar-refractivity contribution in [3.63, 3.8) is 0 Å². The maximum Gasteiger partial charge on any atom is 0.159 e. The molecular weight excluding hydrogens is 342 g/mol. The van der Waals surface area contributed by atoms with Gasteiger partial charge in [0.1, 0.15) is 11.6 Å². The van der Waals surface area contributed by atoms with Gasteiger partial charge in [-0.3, -0.25) is 0 Å². The Morgan fingerprint density at radius 2 is 2.04 bits per heavy atom. The highest BCUT2D eigenvalue weighted by Crippen LogP contribution is 2.22. The molecule has 3 heterocycles. The third kappa shape index (κ3) is 3.94. The molecule has 1 fully saturated rings. The molecule has 27 heavy (non-hydrogen) atoms. The zero-order valence-electron chi connectivity index (χ0n) is 15.3. The van der Waals surface area contributed by atoms with Crippen LogP contribution in [0.1, 0.15) is 5.56 Å². The van der Waals surface area contributed by atoms with Gasteiger partial charge in [-0.1, -0.05) is 30.3 Å². The first-order valence-electron chi connectivity index (χ1n) is 9.02. The second kappa shape index (κ2) is 8.20. The molecule has 3 aromatic rings. The molecule has 0 amide bonds. The molecule has 2 aromatic heterocycles. The molecule has 1 aromatic carbocycles. The van der Waals surface area contributed by atoms with Crippen LogP contribution in [0.4, 0.5) is 11.6 Å². The van der Waals surface area contributed by atoms with Crippen LogP contribution in [0.2, 0.25) is 0 Å². The van der Waals surface area contributed by atoms with Crippen LogP contribution in [0.3, 0.4) is 0 Å². The van der Waals surface area contributed by atoms with Gasteiger partial charge in [-0.05, 0) is 5.56 Å². The molecule has 0 aliphatic carbocycles. The topological polar surface area (TPSA) is 63.9 Å². The van der Waals surface area contributed by atoms with Crippen LogP contribution >= 0.6 is 0 Å². The SMILES string of the molecule is COC/C(=C\Nc1cc(N2CCOCC2)n2nccc2n1)c1ccccc1. The van der Waals surface area contributed by atoms with Crippen molar-refractivity contribution in [1.82, 2.24) is 14.6 Å². The van der Waals surface area contributed by atoms with Crippen LogP contribution < -0.4 is 10.2 Å². The van der Waals surface area contributed by atoms with Crippen LogP contribution in [-0.2, 0) is 9.47 Å². The first-order valence-corrected chi connectivity index (χ1v) is 9.02. The lowest BCUT2D eigenvalue weighted by atomic mass is 10.1. The highest BCUT2D eigenvalue weighted by atomic mass is 16.5. The van der Waals surface area contributed by atoms with Gasteiger partial charge >= 0.3 is 0 Å². The lowest BCUT2D eigenvalue weighted by Gasteiger charge is -2.29. The smallest absolute Gasteiger partial charge is 0.159 e. The number of nitrogens with one attached hydrogen (secondary N) is 1. The van der Waals surface area contributed by atoms with Crippen LogP contribution in [0, 0.1) is 0 Å². The summed E-state index contributed by atoms with van der Waals surface area (Å²) in [5.41, 5.74) is 2.98. The molecule has 0 atom stereocenters. The van der Waals surface area contributed by atoms with Gasteiger partial charge in [0.15, 0.2) is 5.65 Å². The van der Waals surface area contributed by atoms with Crippen LogP contribution in [0.5, 0.6) is 0 Å². The molecule has 0 spiro atoms. The van der Waals surface area contributed by atoms with Crippen molar-refractivity contribution in [3.8, 4) is 0 Å². The van der Waals surface area contributed by atoms with Crippen molar-refractivity contribution in [2.24, 2.45) is 0 Å². The summed E-state index contributed by atoms with van der Waals surface area (Å²) < 4.78 is 12.7. The molecule has 0 saturated carbocycles. The zero-order chi connectivity index (χ0) is 18.5. The Morgan fingerprint density at radius 3 is 2.81 bits per heavy atom. The van der Waals surface area contributed by atoms with E-state index in [0.29, 0.717) is 6.61 Å². The molecule has 0 bridgehead atoms. The summed E-state index contributed by atoms with van der Waals surface area (Å²) >= 11 is 0. The van der Waals surface area contributed by atoms with Gasteiger partial charge in [0, 0.05) is 44.1 Å². The molecule has 7 nitrogen and oxygen atoms in total. The molecule has 4 rings (SSSR count).